The van der Waals surface area contributed by atoms with Gasteiger partial charge in [0.2, 0.25) is 15.9 Å². The highest BCUT2D eigenvalue weighted by molar-refractivity contribution is 7.89. The van der Waals surface area contributed by atoms with Crippen LogP contribution < -0.4 is 15.5 Å². The second-order valence-electron chi connectivity index (χ2n) is 6.02. The van der Waals surface area contributed by atoms with E-state index >= 15 is 0 Å². The topological polar surface area (TPSA) is 100 Å². The number of hydrogen-bond acceptors (Lipinski definition) is 4. The van der Waals surface area contributed by atoms with Gasteiger partial charge in [-0.15, -0.1) is 0 Å². The minimum atomic E-state index is -3.58. The Balaban J connectivity index is 1.83. The number of likely N-dealkylation sites (N-methyl/N-ethyl adjacent to an activating group) is 1. The monoisotopic (exact) mass is 403 g/mol. The number of sulfonamides is 1. The molecule has 0 atom stereocenters. The van der Waals surface area contributed by atoms with E-state index in [0.717, 1.165) is 4.90 Å². The molecule has 1 aromatic rings. The van der Waals surface area contributed by atoms with Crippen molar-refractivity contribution in [2.75, 3.05) is 45.8 Å². The summed E-state index contributed by atoms with van der Waals surface area (Å²) in [6.45, 7) is 4.19. The fourth-order valence-corrected chi connectivity index (χ4v) is 4.47. The van der Waals surface area contributed by atoms with Crippen molar-refractivity contribution in [3.8, 4) is 0 Å². The lowest BCUT2D eigenvalue weighted by atomic mass is 10.3. The van der Waals surface area contributed by atoms with Gasteiger partial charge >= 0.3 is 0 Å². The highest BCUT2D eigenvalue weighted by atomic mass is 35.5. The highest BCUT2D eigenvalue weighted by Crippen LogP contribution is 2.19. The van der Waals surface area contributed by atoms with Gasteiger partial charge in [-0.3, -0.25) is 9.59 Å². The Hall–Kier alpha value is -1.68. The average molecular weight is 404 g/mol. The van der Waals surface area contributed by atoms with E-state index in [-0.39, 0.29) is 29.8 Å². The summed E-state index contributed by atoms with van der Waals surface area (Å²) in [5.41, 5.74) is 0. The van der Waals surface area contributed by atoms with Crippen molar-refractivity contribution in [2.45, 2.75) is 11.8 Å². The van der Waals surface area contributed by atoms with Gasteiger partial charge in [-0.25, -0.2) is 8.42 Å². The first-order chi connectivity index (χ1) is 12.3. The molecule has 0 spiro atoms. The molecular formula is C16H24ClN4O4S+. The number of nitrogens with one attached hydrogen (secondary N) is 3. The van der Waals surface area contributed by atoms with Crippen molar-refractivity contribution in [3.63, 3.8) is 0 Å². The fourth-order valence-electron chi connectivity index (χ4n) is 2.72. The van der Waals surface area contributed by atoms with E-state index in [4.69, 9.17) is 11.6 Å². The van der Waals surface area contributed by atoms with E-state index in [0.29, 0.717) is 37.7 Å². The number of halogens is 1. The second kappa shape index (κ2) is 9.31. The smallest absolute Gasteiger partial charge is 0.275 e. The molecular weight excluding hydrogens is 380 g/mol. The number of rotatable bonds is 7. The van der Waals surface area contributed by atoms with Crippen molar-refractivity contribution < 1.29 is 22.9 Å². The van der Waals surface area contributed by atoms with Crippen LogP contribution in [0.5, 0.6) is 0 Å². The third-order valence-corrected chi connectivity index (χ3v) is 6.22. The third-order valence-electron chi connectivity index (χ3n) is 4.09. The molecule has 2 amide bonds. The van der Waals surface area contributed by atoms with E-state index in [1.807, 2.05) is 0 Å². The van der Waals surface area contributed by atoms with E-state index in [1.165, 1.54) is 16.4 Å². The summed E-state index contributed by atoms with van der Waals surface area (Å²) < 4.78 is 26.7. The van der Waals surface area contributed by atoms with E-state index < -0.39 is 10.0 Å². The molecule has 2 rings (SSSR count). The molecule has 0 aliphatic carbocycles. The van der Waals surface area contributed by atoms with Crippen LogP contribution in [0.2, 0.25) is 5.02 Å². The third kappa shape index (κ3) is 5.66. The lowest BCUT2D eigenvalue weighted by molar-refractivity contribution is -0.895. The maximum absolute atomic E-state index is 12.6. The zero-order valence-corrected chi connectivity index (χ0v) is 16.2. The van der Waals surface area contributed by atoms with Crippen LogP contribution in [-0.4, -0.2) is 70.4 Å². The highest BCUT2D eigenvalue weighted by Gasteiger charge is 2.31. The summed E-state index contributed by atoms with van der Waals surface area (Å²) in [5.74, 6) is -0.453. The van der Waals surface area contributed by atoms with Crippen molar-refractivity contribution in [1.82, 2.24) is 14.9 Å². The van der Waals surface area contributed by atoms with Crippen LogP contribution in [0.3, 0.4) is 0 Å². The first-order valence-corrected chi connectivity index (χ1v) is 10.3. The molecule has 1 fully saturated rings. The molecule has 0 bridgehead atoms. The Morgan fingerprint density at radius 1 is 1.19 bits per heavy atom. The number of nitrogens with zero attached hydrogens (tertiary/aromatic N) is 1. The Morgan fingerprint density at radius 3 is 2.50 bits per heavy atom. The molecule has 0 radical (unpaired) electrons. The molecule has 26 heavy (non-hydrogen) atoms. The predicted molar refractivity (Wildman–Crippen MR) is 97.5 cm³/mol. The molecule has 144 valence electrons. The summed E-state index contributed by atoms with van der Waals surface area (Å²) in [6.07, 6.45) is 0. The molecule has 0 saturated carbocycles. The summed E-state index contributed by atoms with van der Waals surface area (Å²) >= 11 is 5.88. The van der Waals surface area contributed by atoms with Gasteiger partial charge in [-0.2, -0.15) is 4.31 Å². The second-order valence-corrected chi connectivity index (χ2v) is 8.39. The molecule has 1 heterocycles. The molecule has 1 aliphatic rings. The van der Waals surface area contributed by atoms with Crippen molar-refractivity contribution in [3.05, 3.63) is 29.3 Å². The van der Waals surface area contributed by atoms with Crippen LogP contribution in [0.1, 0.15) is 6.92 Å². The van der Waals surface area contributed by atoms with Gasteiger partial charge < -0.3 is 15.5 Å². The average Bonchev–Trinajstić information content (AvgIpc) is 2.61. The molecule has 1 aromatic carbocycles. The Kier molecular flexibility index (Phi) is 7.39. The lowest BCUT2D eigenvalue weighted by Gasteiger charge is -2.31. The number of benzene rings is 1. The molecule has 3 N–H and O–H groups in total. The molecule has 1 aliphatic heterocycles. The van der Waals surface area contributed by atoms with Gasteiger partial charge in [-0.1, -0.05) is 17.7 Å². The van der Waals surface area contributed by atoms with E-state index in [2.05, 4.69) is 10.6 Å². The van der Waals surface area contributed by atoms with Crippen LogP contribution >= 0.6 is 11.6 Å². The van der Waals surface area contributed by atoms with Crippen LogP contribution in [0.25, 0.3) is 0 Å². The van der Waals surface area contributed by atoms with Crippen molar-refractivity contribution in [2.24, 2.45) is 0 Å². The van der Waals surface area contributed by atoms with Gasteiger partial charge in [0.25, 0.3) is 5.91 Å². The van der Waals surface area contributed by atoms with Gasteiger partial charge in [0.1, 0.15) is 0 Å². The van der Waals surface area contributed by atoms with Gasteiger partial charge in [0.05, 0.1) is 37.6 Å². The number of carbonyl (C=O) groups is 2. The van der Waals surface area contributed by atoms with Gasteiger partial charge in [-0.05, 0) is 25.1 Å². The molecule has 0 aromatic heterocycles. The molecule has 1 saturated heterocycles. The standard InChI is InChI=1S/C16H23ClN4O4S/c1-2-18-15(22)11-19-16(23)12-20-6-8-21(9-7-20)26(24,25)14-5-3-4-13(17)10-14/h3-5,10H,2,6-9,11-12H2,1H3,(H,18,22)(H,19,23)/p+1. The number of piperazine rings is 1. The number of hydrogen-bond donors (Lipinski definition) is 3. The van der Waals surface area contributed by atoms with E-state index in [9.17, 15) is 18.0 Å². The molecule has 0 unspecified atom stereocenters. The summed E-state index contributed by atoms with van der Waals surface area (Å²) in [7, 11) is -3.58. The maximum atomic E-state index is 12.6. The Morgan fingerprint density at radius 2 is 1.88 bits per heavy atom. The fraction of sp³-hybridized carbons (Fsp3) is 0.500. The largest absolute Gasteiger partial charge is 0.355 e. The normalized spacial score (nSPS) is 16.2. The number of quaternary nitrogens is 1. The van der Waals surface area contributed by atoms with Crippen molar-refractivity contribution in [1.29, 1.82) is 0 Å². The Bertz CT molecular complexity index is 748. The van der Waals surface area contributed by atoms with Crippen LogP contribution in [0, 0.1) is 0 Å². The lowest BCUT2D eigenvalue weighted by Crippen LogP contribution is -3.15. The van der Waals surface area contributed by atoms with Gasteiger partial charge in [0.15, 0.2) is 6.54 Å². The molecule has 10 heteroatoms. The maximum Gasteiger partial charge on any atom is 0.275 e. The minimum Gasteiger partial charge on any atom is -0.355 e. The summed E-state index contributed by atoms with van der Waals surface area (Å²) in [6, 6.07) is 6.19. The SMILES string of the molecule is CCNC(=O)CNC(=O)C[NH+]1CCN(S(=O)(=O)c2cccc(Cl)c2)CC1. The van der Waals surface area contributed by atoms with Gasteiger partial charge in [0, 0.05) is 11.6 Å². The summed E-state index contributed by atoms with van der Waals surface area (Å²) in [4.78, 5) is 24.4. The zero-order chi connectivity index (χ0) is 19.2. The predicted octanol–water partition coefficient (Wildman–Crippen LogP) is -1.52. The quantitative estimate of drug-likeness (QED) is 0.515. The van der Waals surface area contributed by atoms with Crippen LogP contribution in [0.4, 0.5) is 0 Å². The van der Waals surface area contributed by atoms with E-state index in [1.54, 1.807) is 19.1 Å². The molecule has 8 nitrogen and oxygen atoms in total. The summed E-state index contributed by atoms with van der Waals surface area (Å²) in [5, 5.41) is 5.55. The first kappa shape index (κ1) is 20.6. The van der Waals surface area contributed by atoms with Crippen LogP contribution in [-0.2, 0) is 19.6 Å². The number of amides is 2. The zero-order valence-electron chi connectivity index (χ0n) is 14.6. The van der Waals surface area contributed by atoms with Crippen molar-refractivity contribution >= 4 is 33.4 Å². The number of carbonyl (C=O) groups excluding carboxylic acids is 2. The first-order valence-electron chi connectivity index (χ1n) is 8.45. The van der Waals surface area contributed by atoms with Crippen LogP contribution in [0.15, 0.2) is 29.2 Å². The minimum absolute atomic E-state index is 0.0464. The Labute approximate surface area is 158 Å².